The van der Waals surface area contributed by atoms with Gasteiger partial charge in [-0.2, -0.15) is 5.10 Å². The minimum absolute atomic E-state index is 0.238. The Morgan fingerprint density at radius 3 is 2.70 bits per heavy atom. The van der Waals surface area contributed by atoms with Crippen LogP contribution in [0.4, 0.5) is 11.4 Å². The van der Waals surface area contributed by atoms with E-state index in [2.05, 4.69) is 10.4 Å². The fourth-order valence-electron chi connectivity index (χ4n) is 1.88. The lowest BCUT2D eigenvalue weighted by Gasteiger charge is -2.10. The van der Waals surface area contributed by atoms with Gasteiger partial charge < -0.3 is 16.8 Å². The standard InChI is InChI=1S/C13H15N5O2/c1-2-18-11(9(14)7-16-18)13(20)17-10-6-4-3-5-8(10)12(15)19/h3-7H,2,14H2,1H3,(H2,15,19)(H,17,20). The number of nitrogens with zero attached hydrogens (tertiary/aromatic N) is 2. The number of nitrogen functional groups attached to an aromatic ring is 1. The molecule has 5 N–H and O–H groups in total. The van der Waals surface area contributed by atoms with Gasteiger partial charge in [-0.05, 0) is 19.1 Å². The summed E-state index contributed by atoms with van der Waals surface area (Å²) in [6, 6.07) is 6.50. The number of rotatable bonds is 4. The van der Waals surface area contributed by atoms with Gasteiger partial charge in [0.2, 0.25) is 0 Å². The molecule has 0 saturated carbocycles. The number of carbonyl (C=O) groups excluding carboxylic acids is 2. The number of nitrogens with one attached hydrogen (secondary N) is 1. The topological polar surface area (TPSA) is 116 Å². The van der Waals surface area contributed by atoms with E-state index < -0.39 is 11.8 Å². The van der Waals surface area contributed by atoms with E-state index >= 15 is 0 Å². The Kier molecular flexibility index (Phi) is 3.69. The Morgan fingerprint density at radius 2 is 2.05 bits per heavy atom. The highest BCUT2D eigenvalue weighted by Gasteiger charge is 2.18. The second kappa shape index (κ2) is 5.43. The summed E-state index contributed by atoms with van der Waals surface area (Å²) >= 11 is 0. The highest BCUT2D eigenvalue weighted by Crippen LogP contribution is 2.18. The molecule has 0 radical (unpaired) electrons. The maximum absolute atomic E-state index is 12.2. The van der Waals surface area contributed by atoms with Crippen LogP contribution in [0.1, 0.15) is 27.8 Å². The van der Waals surface area contributed by atoms with Crippen LogP contribution in [-0.4, -0.2) is 21.6 Å². The van der Waals surface area contributed by atoms with Gasteiger partial charge in [0.25, 0.3) is 11.8 Å². The zero-order valence-electron chi connectivity index (χ0n) is 11.0. The van der Waals surface area contributed by atoms with E-state index in [-0.39, 0.29) is 16.9 Å². The third kappa shape index (κ3) is 2.46. The first-order chi connectivity index (χ1) is 9.54. The minimum atomic E-state index is -0.613. The van der Waals surface area contributed by atoms with Gasteiger partial charge in [-0.25, -0.2) is 0 Å². The smallest absolute Gasteiger partial charge is 0.276 e. The Morgan fingerprint density at radius 1 is 1.35 bits per heavy atom. The molecule has 7 heteroatoms. The lowest BCUT2D eigenvalue weighted by atomic mass is 10.1. The maximum Gasteiger partial charge on any atom is 0.276 e. The van der Waals surface area contributed by atoms with Gasteiger partial charge in [-0.3, -0.25) is 14.3 Å². The summed E-state index contributed by atoms with van der Waals surface area (Å²) in [7, 11) is 0. The number of amides is 2. The van der Waals surface area contributed by atoms with E-state index in [1.165, 1.54) is 10.9 Å². The monoisotopic (exact) mass is 273 g/mol. The van der Waals surface area contributed by atoms with Crippen LogP contribution >= 0.6 is 0 Å². The SMILES string of the molecule is CCn1ncc(N)c1C(=O)Nc1ccccc1C(N)=O. The Balaban J connectivity index is 2.33. The minimum Gasteiger partial charge on any atom is -0.396 e. The largest absolute Gasteiger partial charge is 0.396 e. The zero-order valence-corrected chi connectivity index (χ0v) is 11.0. The van der Waals surface area contributed by atoms with Crippen molar-refractivity contribution >= 4 is 23.2 Å². The number of primary amides is 1. The first-order valence-corrected chi connectivity index (χ1v) is 6.06. The highest BCUT2D eigenvalue weighted by molar-refractivity contribution is 6.10. The number of hydrogen-bond acceptors (Lipinski definition) is 4. The maximum atomic E-state index is 12.2. The molecular weight excluding hydrogens is 258 g/mol. The second-order valence-electron chi connectivity index (χ2n) is 4.13. The van der Waals surface area contributed by atoms with Crippen molar-refractivity contribution in [3.63, 3.8) is 0 Å². The molecule has 0 aliphatic carbocycles. The summed E-state index contributed by atoms with van der Waals surface area (Å²) in [4.78, 5) is 23.6. The van der Waals surface area contributed by atoms with Gasteiger partial charge in [0.1, 0.15) is 5.69 Å². The van der Waals surface area contributed by atoms with Crippen molar-refractivity contribution in [2.24, 2.45) is 5.73 Å². The summed E-state index contributed by atoms with van der Waals surface area (Å²) in [5, 5.41) is 6.62. The molecule has 0 atom stereocenters. The predicted molar refractivity (Wildman–Crippen MR) is 75.2 cm³/mol. The van der Waals surface area contributed by atoms with Crippen LogP contribution in [0.2, 0.25) is 0 Å². The third-order valence-electron chi connectivity index (χ3n) is 2.82. The zero-order chi connectivity index (χ0) is 14.7. The van der Waals surface area contributed by atoms with Gasteiger partial charge in [0.05, 0.1) is 23.1 Å². The van der Waals surface area contributed by atoms with E-state index in [4.69, 9.17) is 11.5 Å². The number of benzene rings is 1. The first kappa shape index (κ1) is 13.6. The van der Waals surface area contributed by atoms with Crippen molar-refractivity contribution < 1.29 is 9.59 Å². The molecule has 2 aromatic rings. The summed E-state index contributed by atoms with van der Waals surface area (Å²) < 4.78 is 1.48. The molecule has 7 nitrogen and oxygen atoms in total. The Hall–Kier alpha value is -2.83. The van der Waals surface area contributed by atoms with E-state index in [9.17, 15) is 9.59 Å². The summed E-state index contributed by atoms with van der Waals surface area (Å²) in [5.41, 5.74) is 12.1. The van der Waals surface area contributed by atoms with E-state index in [0.29, 0.717) is 12.2 Å². The predicted octanol–water partition coefficient (Wildman–Crippen LogP) is 0.836. The van der Waals surface area contributed by atoms with Crippen LogP contribution in [0.5, 0.6) is 0 Å². The molecule has 0 saturated heterocycles. The number of hydrogen-bond donors (Lipinski definition) is 3. The van der Waals surface area contributed by atoms with Crippen LogP contribution in [0.15, 0.2) is 30.5 Å². The molecule has 1 heterocycles. The summed E-state index contributed by atoms with van der Waals surface area (Å²) in [6.07, 6.45) is 1.42. The summed E-state index contributed by atoms with van der Waals surface area (Å²) in [5.74, 6) is -1.05. The van der Waals surface area contributed by atoms with E-state index in [1.807, 2.05) is 6.92 Å². The molecular formula is C13H15N5O2. The van der Waals surface area contributed by atoms with Crippen molar-refractivity contribution in [3.05, 3.63) is 41.7 Å². The van der Waals surface area contributed by atoms with Gasteiger partial charge in [0.15, 0.2) is 0 Å². The molecule has 0 fully saturated rings. The number of nitrogens with two attached hydrogens (primary N) is 2. The average molecular weight is 273 g/mol. The molecule has 0 unspecified atom stereocenters. The van der Waals surface area contributed by atoms with Gasteiger partial charge in [0, 0.05) is 6.54 Å². The van der Waals surface area contributed by atoms with Gasteiger partial charge >= 0.3 is 0 Å². The van der Waals surface area contributed by atoms with E-state index in [0.717, 1.165) is 0 Å². The fourth-order valence-corrected chi connectivity index (χ4v) is 1.88. The molecule has 0 bridgehead atoms. The van der Waals surface area contributed by atoms with Gasteiger partial charge in [-0.15, -0.1) is 0 Å². The molecule has 2 rings (SSSR count). The number of carbonyl (C=O) groups is 2. The molecule has 1 aromatic carbocycles. The second-order valence-corrected chi connectivity index (χ2v) is 4.13. The number of aromatic nitrogens is 2. The number of anilines is 2. The van der Waals surface area contributed by atoms with Crippen molar-refractivity contribution in [3.8, 4) is 0 Å². The molecule has 0 aliphatic heterocycles. The molecule has 1 aromatic heterocycles. The van der Waals surface area contributed by atoms with E-state index in [1.54, 1.807) is 24.3 Å². The molecule has 0 spiro atoms. The molecule has 0 aliphatic rings. The van der Waals surface area contributed by atoms with Crippen molar-refractivity contribution in [2.45, 2.75) is 13.5 Å². The van der Waals surface area contributed by atoms with Crippen LogP contribution in [0.25, 0.3) is 0 Å². The van der Waals surface area contributed by atoms with Crippen molar-refractivity contribution in [1.82, 2.24) is 9.78 Å². The fraction of sp³-hybridized carbons (Fsp3) is 0.154. The third-order valence-corrected chi connectivity index (χ3v) is 2.82. The molecule has 2 amide bonds. The lowest BCUT2D eigenvalue weighted by molar-refractivity contribution is 0.100. The normalized spacial score (nSPS) is 10.2. The number of aryl methyl sites for hydroxylation is 1. The quantitative estimate of drug-likeness (QED) is 0.765. The summed E-state index contributed by atoms with van der Waals surface area (Å²) in [6.45, 7) is 2.36. The van der Waals surface area contributed by atoms with Crippen LogP contribution in [0.3, 0.4) is 0 Å². The van der Waals surface area contributed by atoms with Crippen molar-refractivity contribution in [1.29, 1.82) is 0 Å². The molecule has 104 valence electrons. The highest BCUT2D eigenvalue weighted by atomic mass is 16.2. The van der Waals surface area contributed by atoms with Crippen LogP contribution in [-0.2, 0) is 6.54 Å². The van der Waals surface area contributed by atoms with Gasteiger partial charge in [-0.1, -0.05) is 12.1 Å². The number of para-hydroxylation sites is 1. The molecule has 20 heavy (non-hydrogen) atoms. The first-order valence-electron chi connectivity index (χ1n) is 6.06. The Bertz CT molecular complexity index is 663. The van der Waals surface area contributed by atoms with Crippen LogP contribution < -0.4 is 16.8 Å². The lowest BCUT2D eigenvalue weighted by Crippen LogP contribution is -2.21. The van der Waals surface area contributed by atoms with Crippen molar-refractivity contribution in [2.75, 3.05) is 11.1 Å². The van der Waals surface area contributed by atoms with Crippen LogP contribution in [0, 0.1) is 0 Å². The Labute approximate surface area is 115 Å². The average Bonchev–Trinajstić information content (AvgIpc) is 2.80.